The first-order valence-corrected chi connectivity index (χ1v) is 4.62. The summed E-state index contributed by atoms with van der Waals surface area (Å²) in [7, 11) is 0. The van der Waals surface area contributed by atoms with E-state index in [0.717, 1.165) is 25.9 Å². The van der Waals surface area contributed by atoms with Gasteiger partial charge in [0, 0.05) is 6.61 Å². The first-order chi connectivity index (χ1) is 5.33. The van der Waals surface area contributed by atoms with Gasteiger partial charge >= 0.3 is 0 Å². The average Bonchev–Trinajstić information content (AvgIpc) is 2.06. The molecule has 2 nitrogen and oxygen atoms in total. The van der Waals surface area contributed by atoms with E-state index in [2.05, 4.69) is 0 Å². The molecule has 0 aliphatic carbocycles. The van der Waals surface area contributed by atoms with Crippen LogP contribution in [0.15, 0.2) is 0 Å². The van der Waals surface area contributed by atoms with Gasteiger partial charge in [-0.3, -0.25) is 0 Å². The third-order valence-electron chi connectivity index (χ3n) is 2.28. The maximum Gasteiger partial charge on any atom is 0.0599 e. The van der Waals surface area contributed by atoms with Gasteiger partial charge < -0.3 is 9.84 Å². The lowest BCUT2D eigenvalue weighted by Crippen LogP contribution is -2.24. The second kappa shape index (κ2) is 4.73. The fourth-order valence-corrected chi connectivity index (χ4v) is 1.46. The molecule has 0 spiro atoms. The summed E-state index contributed by atoms with van der Waals surface area (Å²) < 4.78 is 5.49. The smallest absolute Gasteiger partial charge is 0.0599 e. The largest absolute Gasteiger partial charge is 0.393 e. The van der Waals surface area contributed by atoms with Crippen LogP contribution in [0.5, 0.6) is 0 Å². The molecular weight excluding hydrogens is 140 g/mol. The molecule has 0 aromatic carbocycles. The molecule has 0 aromatic heterocycles. The molecule has 1 aliphatic rings. The SMILES string of the molecule is CCC(O)CC1CCCCO1. The molecule has 1 saturated heterocycles. The van der Waals surface area contributed by atoms with Gasteiger partial charge in [0.25, 0.3) is 0 Å². The quantitative estimate of drug-likeness (QED) is 0.677. The minimum atomic E-state index is -0.155. The van der Waals surface area contributed by atoms with Crippen molar-refractivity contribution < 1.29 is 9.84 Å². The summed E-state index contributed by atoms with van der Waals surface area (Å²) in [5.41, 5.74) is 0. The van der Waals surface area contributed by atoms with Crippen molar-refractivity contribution in [3.63, 3.8) is 0 Å². The summed E-state index contributed by atoms with van der Waals surface area (Å²) in [6.45, 7) is 2.90. The normalized spacial score (nSPS) is 28.4. The predicted octanol–water partition coefficient (Wildman–Crippen LogP) is 1.72. The van der Waals surface area contributed by atoms with Gasteiger partial charge in [0.2, 0.25) is 0 Å². The van der Waals surface area contributed by atoms with E-state index in [1.165, 1.54) is 12.8 Å². The minimum Gasteiger partial charge on any atom is -0.393 e. The summed E-state index contributed by atoms with van der Waals surface area (Å²) in [5.74, 6) is 0. The van der Waals surface area contributed by atoms with Crippen LogP contribution in [0.3, 0.4) is 0 Å². The number of ether oxygens (including phenoxy) is 1. The number of hydrogen-bond acceptors (Lipinski definition) is 2. The van der Waals surface area contributed by atoms with Crippen LogP contribution in [0.2, 0.25) is 0 Å². The van der Waals surface area contributed by atoms with Crippen molar-refractivity contribution in [2.45, 2.75) is 51.2 Å². The van der Waals surface area contributed by atoms with E-state index in [0.29, 0.717) is 6.10 Å². The highest BCUT2D eigenvalue weighted by Crippen LogP contribution is 2.17. The van der Waals surface area contributed by atoms with E-state index >= 15 is 0 Å². The second-order valence-electron chi connectivity index (χ2n) is 3.29. The molecule has 0 radical (unpaired) electrons. The van der Waals surface area contributed by atoms with Crippen molar-refractivity contribution in [2.24, 2.45) is 0 Å². The van der Waals surface area contributed by atoms with Crippen molar-refractivity contribution >= 4 is 0 Å². The number of aliphatic hydroxyl groups is 1. The first kappa shape index (κ1) is 9.01. The number of aliphatic hydroxyl groups excluding tert-OH is 1. The summed E-state index contributed by atoms with van der Waals surface area (Å²) in [6, 6.07) is 0. The number of rotatable bonds is 3. The summed E-state index contributed by atoms with van der Waals surface area (Å²) in [5, 5.41) is 9.33. The summed E-state index contributed by atoms with van der Waals surface area (Å²) in [4.78, 5) is 0. The van der Waals surface area contributed by atoms with Crippen LogP contribution >= 0.6 is 0 Å². The Bertz CT molecular complexity index is 97.7. The molecule has 1 rings (SSSR count). The van der Waals surface area contributed by atoms with Crippen molar-refractivity contribution in [3.8, 4) is 0 Å². The third kappa shape index (κ3) is 3.21. The van der Waals surface area contributed by atoms with Gasteiger partial charge in [-0.25, -0.2) is 0 Å². The molecule has 0 bridgehead atoms. The molecule has 1 fully saturated rings. The monoisotopic (exact) mass is 158 g/mol. The Hall–Kier alpha value is -0.0800. The molecule has 1 heterocycles. The van der Waals surface area contributed by atoms with Gasteiger partial charge in [0.05, 0.1) is 12.2 Å². The van der Waals surface area contributed by atoms with E-state index in [1.807, 2.05) is 6.92 Å². The Morgan fingerprint density at radius 3 is 2.91 bits per heavy atom. The van der Waals surface area contributed by atoms with Gasteiger partial charge in [0.1, 0.15) is 0 Å². The average molecular weight is 158 g/mol. The molecule has 66 valence electrons. The van der Waals surface area contributed by atoms with Crippen molar-refractivity contribution in [1.82, 2.24) is 0 Å². The van der Waals surface area contributed by atoms with Crippen LogP contribution in [0.4, 0.5) is 0 Å². The van der Waals surface area contributed by atoms with E-state index < -0.39 is 0 Å². The number of hydrogen-bond donors (Lipinski definition) is 1. The zero-order valence-electron chi connectivity index (χ0n) is 7.25. The first-order valence-electron chi connectivity index (χ1n) is 4.62. The predicted molar refractivity (Wildman–Crippen MR) is 44.5 cm³/mol. The van der Waals surface area contributed by atoms with E-state index in [4.69, 9.17) is 4.74 Å². The van der Waals surface area contributed by atoms with Crippen LogP contribution in [-0.2, 0) is 4.74 Å². The maximum atomic E-state index is 9.33. The molecule has 0 aromatic rings. The van der Waals surface area contributed by atoms with E-state index in [-0.39, 0.29) is 6.10 Å². The maximum absolute atomic E-state index is 9.33. The summed E-state index contributed by atoms with van der Waals surface area (Å²) in [6.07, 6.45) is 5.45. The topological polar surface area (TPSA) is 29.5 Å². The van der Waals surface area contributed by atoms with Crippen molar-refractivity contribution in [3.05, 3.63) is 0 Å². The van der Waals surface area contributed by atoms with Gasteiger partial charge in [-0.15, -0.1) is 0 Å². The molecule has 2 atom stereocenters. The molecule has 2 unspecified atom stereocenters. The van der Waals surface area contributed by atoms with Crippen molar-refractivity contribution in [1.29, 1.82) is 0 Å². The third-order valence-corrected chi connectivity index (χ3v) is 2.28. The second-order valence-corrected chi connectivity index (χ2v) is 3.29. The van der Waals surface area contributed by atoms with Crippen LogP contribution in [0.25, 0.3) is 0 Å². The zero-order chi connectivity index (χ0) is 8.10. The molecule has 1 aliphatic heterocycles. The van der Waals surface area contributed by atoms with Gasteiger partial charge in [-0.1, -0.05) is 6.92 Å². The minimum absolute atomic E-state index is 0.155. The van der Waals surface area contributed by atoms with Crippen molar-refractivity contribution in [2.75, 3.05) is 6.61 Å². The molecule has 11 heavy (non-hydrogen) atoms. The fourth-order valence-electron chi connectivity index (χ4n) is 1.46. The lowest BCUT2D eigenvalue weighted by molar-refractivity contribution is -0.0155. The van der Waals surface area contributed by atoms with Crippen LogP contribution in [0, 0.1) is 0 Å². The van der Waals surface area contributed by atoms with Gasteiger partial charge in [-0.05, 0) is 32.1 Å². The van der Waals surface area contributed by atoms with E-state index in [1.54, 1.807) is 0 Å². The zero-order valence-corrected chi connectivity index (χ0v) is 7.25. The lowest BCUT2D eigenvalue weighted by Gasteiger charge is -2.24. The highest BCUT2D eigenvalue weighted by atomic mass is 16.5. The molecule has 0 amide bonds. The van der Waals surface area contributed by atoms with E-state index in [9.17, 15) is 5.11 Å². The van der Waals surface area contributed by atoms with Gasteiger partial charge in [-0.2, -0.15) is 0 Å². The Morgan fingerprint density at radius 1 is 1.55 bits per heavy atom. The Morgan fingerprint density at radius 2 is 2.36 bits per heavy atom. The highest BCUT2D eigenvalue weighted by Gasteiger charge is 2.16. The Balaban J connectivity index is 2.13. The lowest BCUT2D eigenvalue weighted by atomic mass is 10.0. The van der Waals surface area contributed by atoms with Crippen LogP contribution < -0.4 is 0 Å². The molecular formula is C9H18O2. The Labute approximate surface area is 68.6 Å². The molecule has 1 N–H and O–H groups in total. The fraction of sp³-hybridized carbons (Fsp3) is 1.00. The Kier molecular flexibility index (Phi) is 3.87. The summed E-state index contributed by atoms with van der Waals surface area (Å²) >= 11 is 0. The molecule has 2 heteroatoms. The highest BCUT2D eigenvalue weighted by molar-refractivity contribution is 4.67. The standard InChI is InChI=1S/C9H18O2/c1-2-8(10)7-9-5-3-4-6-11-9/h8-10H,2-7H2,1H3. The van der Waals surface area contributed by atoms with Crippen LogP contribution in [-0.4, -0.2) is 23.9 Å². The van der Waals surface area contributed by atoms with Crippen LogP contribution in [0.1, 0.15) is 39.0 Å². The van der Waals surface area contributed by atoms with Gasteiger partial charge in [0.15, 0.2) is 0 Å². The molecule has 0 saturated carbocycles.